The van der Waals surface area contributed by atoms with E-state index in [0.29, 0.717) is 24.1 Å². The highest BCUT2D eigenvalue weighted by molar-refractivity contribution is 7.80. The quantitative estimate of drug-likeness (QED) is 0.731. The zero-order valence-electron chi connectivity index (χ0n) is 13.3. The van der Waals surface area contributed by atoms with E-state index >= 15 is 0 Å². The van der Waals surface area contributed by atoms with Gasteiger partial charge in [-0.2, -0.15) is 0 Å². The number of aryl methyl sites for hydroxylation is 1. The number of thiocarbonyl (C=S) groups is 1. The van der Waals surface area contributed by atoms with Gasteiger partial charge in [-0.3, -0.25) is 9.59 Å². The minimum Gasteiger partial charge on any atom is -0.355 e. The first kappa shape index (κ1) is 17.6. The fraction of sp³-hybridized carbons (Fsp3) is 0.167. The number of rotatable bonds is 5. The maximum absolute atomic E-state index is 11.9. The van der Waals surface area contributed by atoms with Gasteiger partial charge in [0.2, 0.25) is 5.91 Å². The summed E-state index contributed by atoms with van der Waals surface area (Å²) in [6.45, 7) is 0. The number of hydrogen-bond donors (Lipinski definition) is 3. The molecule has 0 saturated heterocycles. The third-order valence-electron chi connectivity index (χ3n) is 3.35. The summed E-state index contributed by atoms with van der Waals surface area (Å²) in [6, 6.07) is 16.7. The number of carbonyl (C=O) groups excluding carboxylic acids is 2. The molecule has 124 valence electrons. The molecule has 3 N–H and O–H groups in total. The molecule has 2 amide bonds. The molecular weight excluding hydrogens is 322 g/mol. The van der Waals surface area contributed by atoms with Crippen molar-refractivity contribution in [2.45, 2.75) is 12.8 Å². The highest BCUT2D eigenvalue weighted by atomic mass is 32.1. The van der Waals surface area contributed by atoms with Crippen LogP contribution in [0.2, 0.25) is 0 Å². The van der Waals surface area contributed by atoms with Crippen LogP contribution in [0, 0.1) is 0 Å². The monoisotopic (exact) mass is 341 g/mol. The van der Waals surface area contributed by atoms with E-state index < -0.39 is 0 Å². The average Bonchev–Trinajstić information content (AvgIpc) is 2.60. The summed E-state index contributed by atoms with van der Waals surface area (Å²) in [5.41, 5.74) is 2.26. The molecular formula is C18H19N3O2S. The molecule has 0 bridgehead atoms. The summed E-state index contributed by atoms with van der Waals surface area (Å²) in [7, 11) is 1.57. The fourth-order valence-electron chi connectivity index (χ4n) is 2.14. The first-order valence-electron chi connectivity index (χ1n) is 7.55. The van der Waals surface area contributed by atoms with Gasteiger partial charge in [-0.25, -0.2) is 0 Å². The number of anilines is 1. The van der Waals surface area contributed by atoms with Crippen molar-refractivity contribution in [2.24, 2.45) is 0 Å². The Morgan fingerprint density at radius 1 is 1.04 bits per heavy atom. The second kappa shape index (κ2) is 8.79. The number of benzene rings is 2. The summed E-state index contributed by atoms with van der Waals surface area (Å²) in [5.74, 6) is -0.338. The lowest BCUT2D eigenvalue weighted by atomic mass is 10.1. The van der Waals surface area contributed by atoms with Crippen molar-refractivity contribution in [1.82, 2.24) is 10.6 Å². The Hall–Kier alpha value is -2.73. The summed E-state index contributed by atoms with van der Waals surface area (Å²) >= 11 is 5.14. The second-order valence-electron chi connectivity index (χ2n) is 5.15. The topological polar surface area (TPSA) is 70.2 Å². The van der Waals surface area contributed by atoms with E-state index in [2.05, 4.69) is 16.0 Å². The van der Waals surface area contributed by atoms with Gasteiger partial charge in [0.25, 0.3) is 5.91 Å². The lowest BCUT2D eigenvalue weighted by Gasteiger charge is -2.10. The number of nitrogens with one attached hydrogen (secondary N) is 3. The van der Waals surface area contributed by atoms with Gasteiger partial charge in [-0.15, -0.1) is 0 Å². The van der Waals surface area contributed by atoms with Gasteiger partial charge in [0.05, 0.1) is 0 Å². The van der Waals surface area contributed by atoms with Crippen LogP contribution in [0.3, 0.4) is 0 Å². The molecule has 0 aliphatic rings. The van der Waals surface area contributed by atoms with E-state index in [1.807, 2.05) is 30.3 Å². The molecule has 5 nitrogen and oxygen atoms in total. The SMILES string of the molecule is CNC(=O)c1cccc(NC(=S)NC(=O)CCc2ccccc2)c1. The summed E-state index contributed by atoms with van der Waals surface area (Å²) in [6.07, 6.45) is 1.01. The molecule has 24 heavy (non-hydrogen) atoms. The van der Waals surface area contributed by atoms with Crippen LogP contribution >= 0.6 is 12.2 Å². The van der Waals surface area contributed by atoms with Gasteiger partial charge in [0.1, 0.15) is 0 Å². The molecule has 0 aliphatic heterocycles. The molecule has 6 heteroatoms. The Kier molecular flexibility index (Phi) is 6.45. The summed E-state index contributed by atoms with van der Waals surface area (Å²) in [5, 5.41) is 8.32. The molecule has 0 aromatic heterocycles. The first-order chi connectivity index (χ1) is 11.6. The molecule has 0 aliphatic carbocycles. The lowest BCUT2D eigenvalue weighted by molar-refractivity contribution is -0.119. The van der Waals surface area contributed by atoms with E-state index in [1.54, 1.807) is 31.3 Å². The van der Waals surface area contributed by atoms with Gasteiger partial charge >= 0.3 is 0 Å². The zero-order chi connectivity index (χ0) is 17.4. The molecule has 2 aromatic carbocycles. The maximum Gasteiger partial charge on any atom is 0.251 e. The molecule has 0 atom stereocenters. The van der Waals surface area contributed by atoms with Crippen LogP contribution in [0.1, 0.15) is 22.3 Å². The van der Waals surface area contributed by atoms with E-state index in [0.717, 1.165) is 5.56 Å². The second-order valence-corrected chi connectivity index (χ2v) is 5.56. The predicted molar refractivity (Wildman–Crippen MR) is 99.0 cm³/mol. The van der Waals surface area contributed by atoms with Crippen LogP contribution in [0.4, 0.5) is 5.69 Å². The fourth-order valence-corrected chi connectivity index (χ4v) is 2.37. The minimum atomic E-state index is -0.184. The third kappa shape index (κ3) is 5.48. The standard InChI is InChI=1S/C18H19N3O2S/c1-19-17(23)14-8-5-9-15(12-14)20-18(24)21-16(22)11-10-13-6-3-2-4-7-13/h2-9,12H,10-11H2,1H3,(H,19,23)(H2,20,21,22,24). The molecule has 2 aromatic rings. The smallest absolute Gasteiger partial charge is 0.251 e. The van der Waals surface area contributed by atoms with Crippen molar-refractivity contribution in [3.05, 3.63) is 65.7 Å². The maximum atomic E-state index is 11.9. The van der Waals surface area contributed by atoms with Crippen LogP contribution in [0.5, 0.6) is 0 Å². The van der Waals surface area contributed by atoms with Crippen molar-refractivity contribution in [3.63, 3.8) is 0 Å². The van der Waals surface area contributed by atoms with Gasteiger partial charge in [-0.05, 0) is 42.4 Å². The van der Waals surface area contributed by atoms with Crippen LogP contribution in [-0.2, 0) is 11.2 Å². The van der Waals surface area contributed by atoms with Crippen molar-refractivity contribution >= 4 is 34.8 Å². The van der Waals surface area contributed by atoms with E-state index in [1.165, 1.54) is 0 Å². The summed E-state index contributed by atoms with van der Waals surface area (Å²) in [4.78, 5) is 23.5. The highest BCUT2D eigenvalue weighted by Crippen LogP contribution is 2.10. The van der Waals surface area contributed by atoms with Gasteiger partial charge in [0.15, 0.2) is 5.11 Å². The van der Waals surface area contributed by atoms with Crippen molar-refractivity contribution in [3.8, 4) is 0 Å². The molecule has 2 rings (SSSR count). The largest absolute Gasteiger partial charge is 0.355 e. The van der Waals surface area contributed by atoms with E-state index in [4.69, 9.17) is 12.2 Å². The Labute approximate surface area is 146 Å². The van der Waals surface area contributed by atoms with Crippen molar-refractivity contribution in [1.29, 1.82) is 0 Å². The Balaban J connectivity index is 1.84. The van der Waals surface area contributed by atoms with Gasteiger partial charge in [-0.1, -0.05) is 36.4 Å². The number of hydrogen-bond acceptors (Lipinski definition) is 3. The molecule has 0 heterocycles. The van der Waals surface area contributed by atoms with E-state index in [9.17, 15) is 9.59 Å². The highest BCUT2D eigenvalue weighted by Gasteiger charge is 2.07. The summed E-state index contributed by atoms with van der Waals surface area (Å²) < 4.78 is 0. The molecule has 0 radical (unpaired) electrons. The van der Waals surface area contributed by atoms with Crippen LogP contribution in [0.15, 0.2) is 54.6 Å². The Morgan fingerprint density at radius 3 is 2.50 bits per heavy atom. The molecule has 0 unspecified atom stereocenters. The zero-order valence-corrected chi connectivity index (χ0v) is 14.2. The lowest BCUT2D eigenvalue weighted by Crippen LogP contribution is -2.34. The predicted octanol–water partition coefficient (Wildman–Crippen LogP) is 2.49. The normalized spacial score (nSPS) is 9.88. The average molecular weight is 341 g/mol. The van der Waals surface area contributed by atoms with Crippen LogP contribution < -0.4 is 16.0 Å². The van der Waals surface area contributed by atoms with Gasteiger partial charge in [0, 0.05) is 24.7 Å². The molecule has 0 spiro atoms. The van der Waals surface area contributed by atoms with Crippen molar-refractivity contribution in [2.75, 3.05) is 12.4 Å². The number of carbonyl (C=O) groups is 2. The van der Waals surface area contributed by atoms with Crippen LogP contribution in [-0.4, -0.2) is 24.0 Å². The first-order valence-corrected chi connectivity index (χ1v) is 7.96. The number of amides is 2. The van der Waals surface area contributed by atoms with Gasteiger partial charge < -0.3 is 16.0 Å². The van der Waals surface area contributed by atoms with Crippen molar-refractivity contribution < 1.29 is 9.59 Å². The minimum absolute atomic E-state index is 0.154. The molecule has 0 saturated carbocycles. The Bertz CT molecular complexity index is 732. The van der Waals surface area contributed by atoms with E-state index in [-0.39, 0.29) is 16.9 Å². The third-order valence-corrected chi connectivity index (χ3v) is 3.55. The van der Waals surface area contributed by atoms with Crippen LogP contribution in [0.25, 0.3) is 0 Å². The Morgan fingerprint density at radius 2 is 1.79 bits per heavy atom. The molecule has 0 fully saturated rings.